The van der Waals surface area contributed by atoms with Crippen LogP contribution in [-0.2, 0) is 17.8 Å². The molecule has 2 aromatic rings. The van der Waals surface area contributed by atoms with Gasteiger partial charge in [0, 0.05) is 12.7 Å². The molecule has 0 unspecified atom stereocenters. The molecular formula is C22H29N3O. The Kier molecular flexibility index (Phi) is 7.20. The van der Waals surface area contributed by atoms with Gasteiger partial charge in [0.05, 0.1) is 18.8 Å². The average molecular weight is 351 g/mol. The second kappa shape index (κ2) is 10.1. The molecule has 1 aliphatic heterocycles. The second-order valence-electron chi connectivity index (χ2n) is 7.06. The van der Waals surface area contributed by atoms with Gasteiger partial charge in [0.1, 0.15) is 0 Å². The van der Waals surface area contributed by atoms with E-state index in [0.29, 0.717) is 13.1 Å². The molecule has 0 saturated carbocycles. The van der Waals surface area contributed by atoms with E-state index in [4.69, 9.17) is 0 Å². The number of aromatic nitrogens is 1. The van der Waals surface area contributed by atoms with Crippen LogP contribution in [0.25, 0.3) is 0 Å². The van der Waals surface area contributed by atoms with Crippen molar-refractivity contribution in [3.8, 4) is 0 Å². The highest BCUT2D eigenvalue weighted by atomic mass is 16.2. The first-order valence-corrected chi connectivity index (χ1v) is 9.75. The fourth-order valence-electron chi connectivity index (χ4n) is 3.47. The highest BCUT2D eigenvalue weighted by Gasteiger charge is 2.19. The molecule has 1 fully saturated rings. The summed E-state index contributed by atoms with van der Waals surface area (Å²) in [7, 11) is 0. The van der Waals surface area contributed by atoms with Gasteiger partial charge in [-0.1, -0.05) is 49.2 Å². The van der Waals surface area contributed by atoms with Gasteiger partial charge in [-0.2, -0.15) is 0 Å². The molecule has 2 heterocycles. The molecule has 138 valence electrons. The summed E-state index contributed by atoms with van der Waals surface area (Å²) in [5, 5.41) is 0. The summed E-state index contributed by atoms with van der Waals surface area (Å²) >= 11 is 0. The van der Waals surface area contributed by atoms with E-state index in [1.807, 2.05) is 29.2 Å². The molecule has 1 aromatic heterocycles. The van der Waals surface area contributed by atoms with E-state index in [1.54, 1.807) is 6.20 Å². The van der Waals surface area contributed by atoms with E-state index in [2.05, 4.69) is 34.1 Å². The van der Waals surface area contributed by atoms with Crippen LogP contribution in [0.4, 0.5) is 0 Å². The van der Waals surface area contributed by atoms with Crippen LogP contribution >= 0.6 is 0 Å². The topological polar surface area (TPSA) is 36.4 Å². The Morgan fingerprint density at radius 3 is 2.38 bits per heavy atom. The Morgan fingerprint density at radius 2 is 1.69 bits per heavy atom. The standard InChI is InChI=1S/C22H29N3O/c26-22(19-24-15-8-1-2-9-16-24)25(18-21-12-6-7-14-23-21)17-13-20-10-4-3-5-11-20/h3-7,10-12,14H,1-2,8-9,13,15-19H2. The Hall–Kier alpha value is -2.20. The molecule has 1 amide bonds. The van der Waals surface area contributed by atoms with Crippen molar-refractivity contribution in [2.45, 2.75) is 38.6 Å². The van der Waals surface area contributed by atoms with Gasteiger partial charge in [-0.05, 0) is 50.0 Å². The van der Waals surface area contributed by atoms with E-state index in [1.165, 1.54) is 31.2 Å². The van der Waals surface area contributed by atoms with Crippen LogP contribution in [0.3, 0.4) is 0 Å². The predicted octanol–water partition coefficient (Wildman–Crippen LogP) is 3.53. The van der Waals surface area contributed by atoms with Crippen LogP contribution in [0.1, 0.15) is 36.9 Å². The minimum Gasteiger partial charge on any atom is -0.335 e. The predicted molar refractivity (Wildman–Crippen MR) is 105 cm³/mol. The van der Waals surface area contributed by atoms with Crippen LogP contribution < -0.4 is 0 Å². The maximum Gasteiger partial charge on any atom is 0.237 e. The normalized spacial score (nSPS) is 15.4. The van der Waals surface area contributed by atoms with Crippen LogP contribution in [0.5, 0.6) is 0 Å². The molecule has 0 N–H and O–H groups in total. The summed E-state index contributed by atoms with van der Waals surface area (Å²) in [5.41, 5.74) is 2.21. The van der Waals surface area contributed by atoms with Crippen LogP contribution in [0.15, 0.2) is 54.7 Å². The molecule has 0 atom stereocenters. The Balaban J connectivity index is 1.63. The van der Waals surface area contributed by atoms with Crippen LogP contribution in [-0.4, -0.2) is 46.9 Å². The Bertz CT molecular complexity index is 652. The minimum absolute atomic E-state index is 0.216. The lowest BCUT2D eigenvalue weighted by atomic mass is 10.1. The van der Waals surface area contributed by atoms with Gasteiger partial charge in [0.2, 0.25) is 5.91 Å². The Morgan fingerprint density at radius 1 is 0.962 bits per heavy atom. The van der Waals surface area contributed by atoms with Crippen LogP contribution in [0.2, 0.25) is 0 Å². The average Bonchev–Trinajstić information content (AvgIpc) is 2.95. The van der Waals surface area contributed by atoms with Crippen molar-refractivity contribution < 1.29 is 4.79 Å². The molecule has 0 aliphatic carbocycles. The summed E-state index contributed by atoms with van der Waals surface area (Å²) in [4.78, 5) is 21.7. The molecule has 4 nitrogen and oxygen atoms in total. The molecular weight excluding hydrogens is 322 g/mol. The Labute approximate surface area is 156 Å². The number of nitrogens with zero attached hydrogens (tertiary/aromatic N) is 3. The van der Waals surface area contributed by atoms with Gasteiger partial charge in [-0.3, -0.25) is 14.7 Å². The third-order valence-corrected chi connectivity index (χ3v) is 5.00. The van der Waals surface area contributed by atoms with Gasteiger partial charge in [-0.15, -0.1) is 0 Å². The number of carbonyl (C=O) groups is 1. The van der Waals surface area contributed by atoms with E-state index < -0.39 is 0 Å². The van der Waals surface area contributed by atoms with E-state index >= 15 is 0 Å². The van der Waals surface area contributed by atoms with Gasteiger partial charge in [0.25, 0.3) is 0 Å². The number of pyridine rings is 1. The number of benzene rings is 1. The summed E-state index contributed by atoms with van der Waals surface area (Å²) in [5.74, 6) is 0.216. The van der Waals surface area contributed by atoms with Crippen molar-refractivity contribution in [1.29, 1.82) is 0 Å². The molecule has 0 bridgehead atoms. The molecule has 0 radical (unpaired) electrons. The van der Waals surface area contributed by atoms with Crippen molar-refractivity contribution in [1.82, 2.24) is 14.8 Å². The third kappa shape index (κ3) is 5.95. The fraction of sp³-hybridized carbons (Fsp3) is 0.455. The summed E-state index contributed by atoms with van der Waals surface area (Å²) < 4.78 is 0. The van der Waals surface area contributed by atoms with Crippen molar-refractivity contribution >= 4 is 5.91 Å². The molecule has 4 heteroatoms. The summed E-state index contributed by atoms with van der Waals surface area (Å²) in [6.45, 7) is 3.93. The number of hydrogen-bond acceptors (Lipinski definition) is 3. The van der Waals surface area contributed by atoms with Crippen molar-refractivity contribution in [3.63, 3.8) is 0 Å². The molecule has 26 heavy (non-hydrogen) atoms. The van der Waals surface area contributed by atoms with E-state index in [9.17, 15) is 4.79 Å². The van der Waals surface area contributed by atoms with Crippen molar-refractivity contribution in [2.24, 2.45) is 0 Å². The highest BCUT2D eigenvalue weighted by molar-refractivity contribution is 5.78. The van der Waals surface area contributed by atoms with E-state index in [0.717, 1.165) is 31.7 Å². The van der Waals surface area contributed by atoms with Gasteiger partial charge in [-0.25, -0.2) is 0 Å². The zero-order chi connectivity index (χ0) is 18.0. The smallest absolute Gasteiger partial charge is 0.237 e. The first kappa shape index (κ1) is 18.6. The number of rotatable bonds is 7. The maximum absolute atomic E-state index is 13.0. The first-order chi connectivity index (χ1) is 12.8. The zero-order valence-corrected chi connectivity index (χ0v) is 15.5. The molecule has 1 aromatic carbocycles. The number of likely N-dealkylation sites (tertiary alicyclic amines) is 1. The first-order valence-electron chi connectivity index (χ1n) is 9.75. The molecule has 3 rings (SSSR count). The van der Waals surface area contributed by atoms with Crippen molar-refractivity contribution in [3.05, 3.63) is 66.0 Å². The largest absolute Gasteiger partial charge is 0.335 e. The molecule has 0 spiro atoms. The van der Waals surface area contributed by atoms with Gasteiger partial charge < -0.3 is 4.90 Å². The number of carbonyl (C=O) groups excluding carboxylic acids is 1. The monoisotopic (exact) mass is 351 g/mol. The van der Waals surface area contributed by atoms with Gasteiger partial charge in [0.15, 0.2) is 0 Å². The number of amides is 1. The fourth-order valence-corrected chi connectivity index (χ4v) is 3.47. The number of hydrogen-bond donors (Lipinski definition) is 0. The van der Waals surface area contributed by atoms with E-state index in [-0.39, 0.29) is 5.91 Å². The SMILES string of the molecule is O=C(CN1CCCCCC1)N(CCc1ccccc1)Cc1ccccn1. The molecule has 1 saturated heterocycles. The molecule has 1 aliphatic rings. The van der Waals surface area contributed by atoms with Gasteiger partial charge >= 0.3 is 0 Å². The minimum atomic E-state index is 0.216. The lowest BCUT2D eigenvalue weighted by molar-refractivity contribution is -0.133. The maximum atomic E-state index is 13.0. The van der Waals surface area contributed by atoms with Crippen molar-refractivity contribution in [2.75, 3.05) is 26.2 Å². The highest BCUT2D eigenvalue weighted by Crippen LogP contribution is 2.11. The quantitative estimate of drug-likeness (QED) is 0.766. The summed E-state index contributed by atoms with van der Waals surface area (Å²) in [6, 6.07) is 16.3. The zero-order valence-electron chi connectivity index (χ0n) is 15.5. The lowest BCUT2D eigenvalue weighted by Crippen LogP contribution is -2.41. The summed E-state index contributed by atoms with van der Waals surface area (Å²) in [6.07, 6.45) is 7.66. The third-order valence-electron chi connectivity index (χ3n) is 5.00. The lowest BCUT2D eigenvalue weighted by Gasteiger charge is -2.26. The van der Waals surface area contributed by atoms with Crippen LogP contribution in [0, 0.1) is 0 Å². The second-order valence-corrected chi connectivity index (χ2v) is 7.06.